The largest absolute Gasteiger partial charge is 0.298 e. The fraction of sp³-hybridized carbons (Fsp3) is 0.0588. The minimum Gasteiger partial charge on any atom is -0.298 e. The Balaban J connectivity index is 2.00. The number of hydrogen-bond acceptors (Lipinski definition) is 3. The van der Waals surface area contributed by atoms with E-state index in [1.165, 1.54) is 0 Å². The maximum absolute atomic E-state index is 10.8. The van der Waals surface area contributed by atoms with Gasteiger partial charge in [0.1, 0.15) is 11.1 Å². The second-order valence-corrected chi connectivity index (χ2v) is 5.38. The van der Waals surface area contributed by atoms with Gasteiger partial charge in [0.25, 0.3) is 0 Å². The predicted molar refractivity (Wildman–Crippen MR) is 82.2 cm³/mol. The molecule has 0 saturated heterocycles. The number of aromatic nitrogens is 1. The Labute approximate surface area is 121 Å². The average molecular weight is 277 g/mol. The van der Waals surface area contributed by atoms with Crippen LogP contribution in [0.1, 0.15) is 27.0 Å². The van der Waals surface area contributed by atoms with E-state index < -0.39 is 0 Å². The molecule has 0 radical (unpaired) electrons. The highest BCUT2D eigenvalue weighted by Gasteiger charge is 1.98. The number of nitrogens with zero attached hydrogens (tertiary/aromatic N) is 1. The number of aldehydes is 1. The summed E-state index contributed by atoms with van der Waals surface area (Å²) in [5, 5.41) is 3.13. The summed E-state index contributed by atoms with van der Waals surface area (Å²) in [7, 11) is 0. The number of carbonyl (C=O) groups is 1. The molecule has 0 spiro atoms. The van der Waals surface area contributed by atoms with Crippen LogP contribution in [0.3, 0.4) is 0 Å². The molecule has 0 aliphatic heterocycles. The van der Waals surface area contributed by atoms with Crippen LogP contribution in [0.4, 0.5) is 0 Å². The maximum Gasteiger partial charge on any atom is 0.150 e. The zero-order chi connectivity index (χ0) is 13.9. The van der Waals surface area contributed by atoms with Crippen molar-refractivity contribution in [2.45, 2.75) is 6.92 Å². The molecule has 3 rings (SSSR count). The fourth-order valence-corrected chi connectivity index (χ4v) is 2.63. The molecule has 0 unspecified atom stereocenters. The van der Waals surface area contributed by atoms with E-state index in [-0.39, 0.29) is 0 Å². The lowest BCUT2D eigenvalue weighted by Gasteiger charge is -1.98. The summed E-state index contributed by atoms with van der Waals surface area (Å²) in [6, 6.07) is 9.59. The van der Waals surface area contributed by atoms with Gasteiger partial charge in [0, 0.05) is 28.3 Å². The second-order valence-electron chi connectivity index (χ2n) is 4.48. The Bertz CT molecular complexity index is 852. The molecule has 1 aromatic carbocycles. The van der Waals surface area contributed by atoms with E-state index in [1.807, 2.05) is 36.6 Å². The second kappa shape index (κ2) is 5.28. The van der Waals surface area contributed by atoms with Gasteiger partial charge in [-0.1, -0.05) is 24.0 Å². The van der Waals surface area contributed by atoms with Crippen LogP contribution in [0.25, 0.3) is 10.2 Å². The Hall–Kier alpha value is -2.44. The first kappa shape index (κ1) is 12.6. The summed E-state index contributed by atoms with van der Waals surface area (Å²) >= 11 is 1.62. The van der Waals surface area contributed by atoms with E-state index in [1.54, 1.807) is 23.6 Å². The van der Waals surface area contributed by atoms with Crippen LogP contribution >= 0.6 is 11.3 Å². The summed E-state index contributed by atoms with van der Waals surface area (Å²) < 4.78 is 0. The fourth-order valence-electron chi connectivity index (χ4n) is 1.91. The molecule has 2 heterocycles. The average Bonchev–Trinajstić information content (AvgIpc) is 2.94. The lowest BCUT2D eigenvalue weighted by molar-refractivity contribution is 0.112. The Kier molecular flexibility index (Phi) is 3.32. The SMILES string of the molecule is Cc1ccc(C=O)cc1C#Cc1cnc2sccc2c1. The van der Waals surface area contributed by atoms with E-state index in [2.05, 4.69) is 16.8 Å². The third kappa shape index (κ3) is 2.47. The molecule has 20 heavy (non-hydrogen) atoms. The van der Waals surface area contributed by atoms with Crippen molar-refractivity contribution in [3.63, 3.8) is 0 Å². The molecule has 0 aliphatic rings. The van der Waals surface area contributed by atoms with Crippen LogP contribution in [-0.4, -0.2) is 11.3 Å². The molecule has 0 N–H and O–H groups in total. The number of pyridine rings is 1. The van der Waals surface area contributed by atoms with Crippen LogP contribution in [0.2, 0.25) is 0 Å². The molecule has 96 valence electrons. The Morgan fingerprint density at radius 3 is 2.95 bits per heavy atom. The van der Waals surface area contributed by atoms with Gasteiger partial charge in [-0.15, -0.1) is 11.3 Å². The monoisotopic (exact) mass is 277 g/mol. The lowest BCUT2D eigenvalue weighted by Crippen LogP contribution is -1.87. The number of thiophene rings is 1. The first-order chi connectivity index (χ1) is 9.76. The third-order valence-corrected chi connectivity index (χ3v) is 3.88. The van der Waals surface area contributed by atoms with Crippen molar-refractivity contribution in [2.75, 3.05) is 0 Å². The van der Waals surface area contributed by atoms with Crippen molar-refractivity contribution in [1.29, 1.82) is 0 Å². The van der Waals surface area contributed by atoms with Crippen LogP contribution in [0.5, 0.6) is 0 Å². The van der Waals surface area contributed by atoms with Crippen molar-refractivity contribution in [3.05, 3.63) is 64.2 Å². The molecule has 0 amide bonds. The van der Waals surface area contributed by atoms with Gasteiger partial charge < -0.3 is 0 Å². The van der Waals surface area contributed by atoms with Crippen molar-refractivity contribution in [1.82, 2.24) is 4.98 Å². The summed E-state index contributed by atoms with van der Waals surface area (Å²) in [5.74, 6) is 6.23. The molecular formula is C17H11NOS. The summed E-state index contributed by atoms with van der Waals surface area (Å²) in [4.78, 5) is 16.2. The van der Waals surface area contributed by atoms with E-state index in [9.17, 15) is 4.79 Å². The minimum atomic E-state index is 0.645. The normalized spacial score (nSPS) is 10.1. The van der Waals surface area contributed by atoms with Gasteiger partial charge in [-0.25, -0.2) is 4.98 Å². The first-order valence-electron chi connectivity index (χ1n) is 6.17. The molecule has 0 bridgehead atoms. The Morgan fingerprint density at radius 2 is 2.10 bits per heavy atom. The molecule has 3 heteroatoms. The molecule has 0 fully saturated rings. The highest BCUT2D eigenvalue weighted by atomic mass is 32.1. The Morgan fingerprint density at radius 1 is 1.20 bits per heavy atom. The van der Waals surface area contributed by atoms with Crippen molar-refractivity contribution in [3.8, 4) is 11.8 Å². The topological polar surface area (TPSA) is 30.0 Å². The van der Waals surface area contributed by atoms with Gasteiger partial charge in [0.2, 0.25) is 0 Å². The number of benzene rings is 1. The zero-order valence-electron chi connectivity index (χ0n) is 10.9. The molecular weight excluding hydrogens is 266 g/mol. The van der Waals surface area contributed by atoms with E-state index >= 15 is 0 Å². The molecule has 2 aromatic heterocycles. The predicted octanol–water partition coefficient (Wildman–Crippen LogP) is 3.82. The molecule has 0 aliphatic carbocycles. The minimum absolute atomic E-state index is 0.645. The number of hydrogen-bond donors (Lipinski definition) is 0. The van der Waals surface area contributed by atoms with E-state index in [0.717, 1.165) is 33.2 Å². The zero-order valence-corrected chi connectivity index (χ0v) is 11.7. The van der Waals surface area contributed by atoms with Crippen molar-refractivity contribution < 1.29 is 4.79 Å². The van der Waals surface area contributed by atoms with Gasteiger partial charge in [-0.05, 0) is 36.1 Å². The van der Waals surface area contributed by atoms with E-state index in [4.69, 9.17) is 0 Å². The van der Waals surface area contributed by atoms with Crippen LogP contribution in [-0.2, 0) is 0 Å². The van der Waals surface area contributed by atoms with E-state index in [0.29, 0.717) is 5.56 Å². The molecule has 0 saturated carbocycles. The summed E-state index contributed by atoms with van der Waals surface area (Å²) in [6.45, 7) is 1.99. The smallest absolute Gasteiger partial charge is 0.150 e. The van der Waals surface area contributed by atoms with Crippen LogP contribution in [0.15, 0.2) is 41.9 Å². The quantitative estimate of drug-likeness (QED) is 0.500. The summed E-state index contributed by atoms with van der Waals surface area (Å²) in [5.41, 5.74) is 3.46. The standard InChI is InChI=1S/C17H11NOS/c1-12-2-3-14(11-19)9-15(12)5-4-13-8-16-6-7-20-17(16)18-10-13/h2-3,6-11H,1H3. The third-order valence-electron chi connectivity index (χ3n) is 3.05. The van der Waals surface area contributed by atoms with Crippen LogP contribution < -0.4 is 0 Å². The number of aryl methyl sites for hydroxylation is 1. The highest BCUT2D eigenvalue weighted by Crippen LogP contribution is 2.18. The molecule has 3 aromatic rings. The maximum atomic E-state index is 10.8. The van der Waals surface area contributed by atoms with Gasteiger partial charge >= 0.3 is 0 Å². The van der Waals surface area contributed by atoms with Gasteiger partial charge in [-0.3, -0.25) is 4.79 Å². The molecule has 2 nitrogen and oxygen atoms in total. The van der Waals surface area contributed by atoms with Crippen LogP contribution in [0, 0.1) is 18.8 Å². The van der Waals surface area contributed by atoms with Gasteiger partial charge in [-0.2, -0.15) is 0 Å². The first-order valence-corrected chi connectivity index (χ1v) is 7.05. The number of carbonyl (C=O) groups excluding carboxylic acids is 1. The highest BCUT2D eigenvalue weighted by molar-refractivity contribution is 7.16. The lowest BCUT2D eigenvalue weighted by atomic mass is 10.1. The van der Waals surface area contributed by atoms with Gasteiger partial charge in [0.05, 0.1) is 0 Å². The van der Waals surface area contributed by atoms with Crippen molar-refractivity contribution in [2.24, 2.45) is 0 Å². The molecule has 0 atom stereocenters. The van der Waals surface area contributed by atoms with Crippen molar-refractivity contribution >= 4 is 27.8 Å². The number of rotatable bonds is 1. The summed E-state index contributed by atoms with van der Waals surface area (Å²) in [6.07, 6.45) is 2.62. The van der Waals surface area contributed by atoms with Gasteiger partial charge in [0.15, 0.2) is 0 Å². The number of fused-ring (bicyclic) bond motifs is 1.